The molecule has 1 aliphatic heterocycles. The van der Waals surface area contributed by atoms with Crippen LogP contribution >= 0.6 is 0 Å². The second kappa shape index (κ2) is 9.31. The van der Waals surface area contributed by atoms with Crippen molar-refractivity contribution in [2.24, 2.45) is 0 Å². The molecule has 0 atom stereocenters. The highest BCUT2D eigenvalue weighted by Crippen LogP contribution is 2.36. The SMILES string of the molecule is CC(=O)O.CCCOc1nc(N2CCNCC2)ccc1C(F)(F)F. The first-order valence-electron chi connectivity index (χ1n) is 7.62. The first kappa shape index (κ1) is 20.0. The fourth-order valence-corrected chi connectivity index (χ4v) is 2.03. The average Bonchev–Trinajstić information content (AvgIpc) is 2.52. The van der Waals surface area contributed by atoms with Gasteiger partial charge in [-0.25, -0.2) is 0 Å². The van der Waals surface area contributed by atoms with Crippen LogP contribution in [0.4, 0.5) is 19.0 Å². The number of rotatable bonds is 4. The Morgan fingerprint density at radius 3 is 2.46 bits per heavy atom. The van der Waals surface area contributed by atoms with E-state index in [1.54, 1.807) is 0 Å². The summed E-state index contributed by atoms with van der Waals surface area (Å²) in [5.41, 5.74) is -0.815. The molecule has 6 nitrogen and oxygen atoms in total. The van der Waals surface area contributed by atoms with Gasteiger partial charge in [0.1, 0.15) is 11.4 Å². The number of aromatic nitrogens is 1. The molecule has 0 aliphatic carbocycles. The normalized spacial score (nSPS) is 14.6. The molecular weight excluding hydrogens is 327 g/mol. The number of carboxylic acids is 1. The summed E-state index contributed by atoms with van der Waals surface area (Å²) in [6.45, 7) is 6.20. The Morgan fingerprint density at radius 1 is 1.38 bits per heavy atom. The zero-order valence-corrected chi connectivity index (χ0v) is 13.7. The fourth-order valence-electron chi connectivity index (χ4n) is 2.03. The summed E-state index contributed by atoms with van der Waals surface area (Å²) in [4.78, 5) is 15.0. The molecule has 2 heterocycles. The van der Waals surface area contributed by atoms with E-state index in [2.05, 4.69) is 10.3 Å². The second-order valence-corrected chi connectivity index (χ2v) is 5.12. The summed E-state index contributed by atoms with van der Waals surface area (Å²) < 4.78 is 43.9. The molecule has 2 N–H and O–H groups in total. The molecule has 0 radical (unpaired) electrons. The van der Waals surface area contributed by atoms with Crippen molar-refractivity contribution in [3.8, 4) is 5.88 Å². The highest BCUT2D eigenvalue weighted by molar-refractivity contribution is 5.62. The Morgan fingerprint density at radius 2 is 1.96 bits per heavy atom. The molecule has 24 heavy (non-hydrogen) atoms. The predicted octanol–water partition coefficient (Wildman–Crippen LogP) is 2.39. The lowest BCUT2D eigenvalue weighted by atomic mass is 10.2. The number of carbonyl (C=O) groups is 1. The molecule has 1 fully saturated rings. The number of piperazine rings is 1. The quantitative estimate of drug-likeness (QED) is 0.869. The molecule has 1 aromatic heterocycles. The number of ether oxygens (including phenoxy) is 1. The van der Waals surface area contributed by atoms with Gasteiger partial charge in [-0.3, -0.25) is 4.79 Å². The van der Waals surface area contributed by atoms with Crippen LogP contribution in [0.5, 0.6) is 5.88 Å². The fraction of sp³-hybridized carbons (Fsp3) is 0.600. The number of nitrogens with zero attached hydrogens (tertiary/aromatic N) is 2. The number of hydrogen-bond acceptors (Lipinski definition) is 5. The van der Waals surface area contributed by atoms with Gasteiger partial charge < -0.3 is 20.1 Å². The van der Waals surface area contributed by atoms with Gasteiger partial charge >= 0.3 is 6.18 Å². The van der Waals surface area contributed by atoms with Crippen LogP contribution in [-0.4, -0.2) is 48.8 Å². The molecular formula is C15H22F3N3O3. The van der Waals surface area contributed by atoms with Gasteiger partial charge in [-0.15, -0.1) is 0 Å². The Kier molecular flexibility index (Phi) is 7.76. The van der Waals surface area contributed by atoms with Crippen molar-refractivity contribution in [1.82, 2.24) is 10.3 Å². The maximum absolute atomic E-state index is 12.9. The summed E-state index contributed by atoms with van der Waals surface area (Å²) >= 11 is 0. The second-order valence-electron chi connectivity index (χ2n) is 5.12. The number of aliphatic carboxylic acids is 1. The van der Waals surface area contributed by atoms with Gasteiger partial charge in [0, 0.05) is 33.1 Å². The van der Waals surface area contributed by atoms with Crippen LogP contribution in [0.3, 0.4) is 0 Å². The van der Waals surface area contributed by atoms with E-state index < -0.39 is 17.7 Å². The number of nitrogens with one attached hydrogen (secondary N) is 1. The highest BCUT2D eigenvalue weighted by atomic mass is 19.4. The molecule has 2 rings (SSSR count). The predicted molar refractivity (Wildman–Crippen MR) is 83.4 cm³/mol. The molecule has 1 aliphatic rings. The van der Waals surface area contributed by atoms with Crippen LogP contribution in [0, 0.1) is 0 Å². The van der Waals surface area contributed by atoms with Crippen LogP contribution in [-0.2, 0) is 11.0 Å². The minimum atomic E-state index is -4.45. The van der Waals surface area contributed by atoms with E-state index in [0.717, 1.165) is 39.2 Å². The van der Waals surface area contributed by atoms with Crippen LogP contribution in [0.2, 0.25) is 0 Å². The lowest BCUT2D eigenvalue weighted by Crippen LogP contribution is -2.43. The number of anilines is 1. The van der Waals surface area contributed by atoms with Gasteiger partial charge in [0.2, 0.25) is 5.88 Å². The van der Waals surface area contributed by atoms with Crippen molar-refractivity contribution in [3.05, 3.63) is 17.7 Å². The van der Waals surface area contributed by atoms with E-state index in [0.29, 0.717) is 12.2 Å². The van der Waals surface area contributed by atoms with E-state index in [4.69, 9.17) is 14.6 Å². The topological polar surface area (TPSA) is 74.7 Å². The van der Waals surface area contributed by atoms with Gasteiger partial charge in [0.25, 0.3) is 5.97 Å². The number of halogens is 3. The number of carboxylic acid groups (broad SMARTS) is 1. The largest absolute Gasteiger partial charge is 0.481 e. The summed E-state index contributed by atoms with van der Waals surface area (Å²) in [5.74, 6) is -0.624. The molecule has 9 heteroatoms. The standard InChI is InChI=1S/C13H18F3N3O.C2H4O2/c1-2-9-20-12-10(13(14,15)16)3-4-11(18-12)19-7-5-17-6-8-19;1-2(3)4/h3-4,17H,2,5-9H2,1H3;1H3,(H,3,4). The lowest BCUT2D eigenvalue weighted by Gasteiger charge is -2.29. The van der Waals surface area contributed by atoms with Crippen molar-refractivity contribution >= 4 is 11.8 Å². The van der Waals surface area contributed by atoms with Crippen LogP contribution < -0.4 is 15.0 Å². The Bertz CT molecular complexity index is 528. The van der Waals surface area contributed by atoms with Crippen molar-refractivity contribution in [3.63, 3.8) is 0 Å². The molecule has 0 spiro atoms. The van der Waals surface area contributed by atoms with Gasteiger partial charge in [0.15, 0.2) is 0 Å². The Balaban J connectivity index is 0.000000648. The number of alkyl halides is 3. The summed E-state index contributed by atoms with van der Waals surface area (Å²) in [7, 11) is 0. The monoisotopic (exact) mass is 349 g/mol. The van der Waals surface area contributed by atoms with Crippen molar-refractivity contribution < 1.29 is 27.8 Å². The smallest absolute Gasteiger partial charge is 0.421 e. The van der Waals surface area contributed by atoms with Gasteiger partial charge in [-0.2, -0.15) is 18.2 Å². The number of pyridine rings is 1. The Hall–Kier alpha value is -2.03. The van der Waals surface area contributed by atoms with Crippen molar-refractivity contribution in [2.45, 2.75) is 26.4 Å². The molecule has 0 aromatic carbocycles. The first-order valence-corrected chi connectivity index (χ1v) is 7.62. The minimum absolute atomic E-state index is 0.223. The minimum Gasteiger partial charge on any atom is -0.481 e. The van der Waals surface area contributed by atoms with Gasteiger partial charge in [-0.05, 0) is 18.6 Å². The zero-order chi connectivity index (χ0) is 18.2. The highest BCUT2D eigenvalue weighted by Gasteiger charge is 2.35. The van der Waals surface area contributed by atoms with E-state index in [9.17, 15) is 13.2 Å². The lowest BCUT2D eigenvalue weighted by molar-refractivity contribution is -0.139. The molecule has 1 saturated heterocycles. The Labute approximate surface area is 138 Å². The first-order chi connectivity index (χ1) is 11.3. The van der Waals surface area contributed by atoms with Crippen LogP contribution in [0.1, 0.15) is 25.8 Å². The maximum atomic E-state index is 12.9. The summed E-state index contributed by atoms with van der Waals surface area (Å²) in [5, 5.41) is 10.6. The number of hydrogen-bond donors (Lipinski definition) is 2. The third-order valence-corrected chi connectivity index (χ3v) is 3.03. The molecule has 1 aromatic rings. The van der Waals surface area contributed by atoms with Crippen LogP contribution in [0.15, 0.2) is 12.1 Å². The van der Waals surface area contributed by atoms with Crippen LogP contribution in [0.25, 0.3) is 0 Å². The summed E-state index contributed by atoms with van der Waals surface area (Å²) in [6.07, 6.45) is -3.81. The third-order valence-electron chi connectivity index (χ3n) is 3.03. The van der Waals surface area contributed by atoms with Gasteiger partial charge in [-0.1, -0.05) is 6.92 Å². The van der Waals surface area contributed by atoms with E-state index >= 15 is 0 Å². The third kappa shape index (κ3) is 6.61. The summed E-state index contributed by atoms with van der Waals surface area (Å²) in [6, 6.07) is 2.46. The maximum Gasteiger partial charge on any atom is 0.421 e. The average molecular weight is 349 g/mol. The molecule has 0 saturated carbocycles. The van der Waals surface area contributed by atoms with E-state index in [1.165, 1.54) is 6.07 Å². The molecule has 0 bridgehead atoms. The van der Waals surface area contributed by atoms with Gasteiger partial charge in [0.05, 0.1) is 6.61 Å². The molecule has 0 unspecified atom stereocenters. The van der Waals surface area contributed by atoms with Crippen molar-refractivity contribution in [1.29, 1.82) is 0 Å². The zero-order valence-electron chi connectivity index (χ0n) is 13.7. The van der Waals surface area contributed by atoms with E-state index in [-0.39, 0.29) is 12.5 Å². The van der Waals surface area contributed by atoms with Crippen molar-refractivity contribution in [2.75, 3.05) is 37.7 Å². The van der Waals surface area contributed by atoms with E-state index in [1.807, 2.05) is 11.8 Å². The molecule has 136 valence electrons. The molecule has 0 amide bonds.